The summed E-state index contributed by atoms with van der Waals surface area (Å²) in [5.74, 6) is -7.46. The number of unbranched alkanes of at least 4 members (excludes halogenated alkanes) is 1. The van der Waals surface area contributed by atoms with E-state index in [1.54, 1.807) is 38.4 Å². The maximum absolute atomic E-state index is 15.5. The molecule has 524 valence electrons. The number of phenols is 1. The van der Waals surface area contributed by atoms with Gasteiger partial charge in [0.25, 0.3) is 0 Å². The van der Waals surface area contributed by atoms with E-state index in [-0.39, 0.29) is 69.5 Å². The van der Waals surface area contributed by atoms with Crippen LogP contribution >= 0.6 is 23.5 Å². The molecule has 14 N–H and O–H groups in total. The number of thioether (sulfide) groups is 2. The minimum Gasteiger partial charge on any atom is -0.508 e. The normalized spacial score (nSPS) is 24.1. The number of primary amides is 1. The molecule has 0 aliphatic carbocycles. The van der Waals surface area contributed by atoms with Gasteiger partial charge in [-0.1, -0.05) is 56.7 Å². The first-order valence-electron chi connectivity index (χ1n) is 33.2. The predicted octanol–water partition coefficient (Wildman–Crippen LogP) is 4.29. The first-order chi connectivity index (χ1) is 47.0. The van der Waals surface area contributed by atoms with Gasteiger partial charge in [-0.25, -0.2) is 8.78 Å². The number of nitrogens with two attached hydrogens (primary N) is 2. The van der Waals surface area contributed by atoms with Crippen molar-refractivity contribution in [1.82, 2.24) is 57.0 Å². The van der Waals surface area contributed by atoms with E-state index in [9.17, 15) is 42.7 Å². The van der Waals surface area contributed by atoms with Crippen LogP contribution in [0.25, 0.3) is 21.8 Å². The molecule has 0 unspecified atom stereocenters. The molecule has 2 saturated heterocycles. The van der Waals surface area contributed by atoms with E-state index < -0.39 is 131 Å². The molecule has 10 amide bonds. The number of aromatic amines is 2. The standard InChI is InChI=1S/C70H87F2N13O11S2/c1-4-40(2)61-66(93)81-55(29-41-14-18-48(86)19-15-41)68(95)85-26-9-23-70(85,3)69(96)82-57(62(74)89)39-98-38-43-11-7-10-42(28-43)37-97-27-22-59(87)78-53(12-5-6-24-73)63(90)77-36-60(88)79-54(30-44-34-75-51-20-16-46(71)32-49(44)51)64(91)80-56(67(94)84-25-8-13-58(84)65(92)83-61)31-45-35-76-52-21-17-47(72)33-50(45)52/h7,10-11,14-21,28,32-35,40,53-58,61,75-76,86H,4-6,8-9,12-13,22-27,29-31,36-39,73H2,1-3H3,(H2,74,89)(H,77,90)(H,78,87)(H,79,88)(H,80,91)(H,81,93)(H,82,96)(H,83,92)/t40-,53+,54-,55-,56-,57-,58-,61-,70-/m0/s1. The SMILES string of the molecule is CC[C@H](C)[C@@H]1NC(=O)[C@@H]2CCCN2C(=O)[C@H](Cc2c[nH]c3ccc(F)cc23)NC(=O)[C@H](Cc2c[nH]c3ccc(F)cc23)NC(=O)CNC(=O)[C@@H](CCCCN)NC(=O)CCSCc2cccc(c2)CSC[C@@H](C(N)=O)NC(=O)[C@]2(C)CCCN2C(=O)[C@H](Cc2ccc(O)cc2)NC1=O. The zero-order chi connectivity index (χ0) is 70.2. The molecule has 0 radical (unpaired) electrons. The lowest BCUT2D eigenvalue weighted by Crippen LogP contribution is -2.63. The number of fused-ring (bicyclic) bond motifs is 6. The summed E-state index contributed by atoms with van der Waals surface area (Å²) in [7, 11) is 0. The number of nitrogens with one attached hydrogen (secondary N) is 9. The van der Waals surface area contributed by atoms with Crippen molar-refractivity contribution in [3.8, 4) is 5.75 Å². The molecule has 24 nitrogen and oxygen atoms in total. The zero-order valence-electron chi connectivity index (χ0n) is 55.1. The van der Waals surface area contributed by atoms with E-state index >= 15 is 19.2 Å². The second kappa shape index (κ2) is 34.0. The van der Waals surface area contributed by atoms with Crippen LogP contribution in [0, 0.1) is 17.6 Å². The Morgan fingerprint density at radius 3 is 1.97 bits per heavy atom. The summed E-state index contributed by atoms with van der Waals surface area (Å²) < 4.78 is 29.9. The van der Waals surface area contributed by atoms with Crippen LogP contribution < -0.4 is 48.7 Å². The van der Waals surface area contributed by atoms with E-state index in [0.29, 0.717) is 94.4 Å². The Bertz CT molecular complexity index is 3890. The van der Waals surface area contributed by atoms with E-state index in [2.05, 4.69) is 47.2 Å². The van der Waals surface area contributed by atoms with Crippen LogP contribution in [-0.4, -0.2) is 169 Å². The molecule has 4 aromatic carbocycles. The largest absolute Gasteiger partial charge is 0.508 e. The van der Waals surface area contributed by atoms with E-state index in [0.717, 1.165) is 11.1 Å². The summed E-state index contributed by atoms with van der Waals surface area (Å²) in [6.45, 7) is 4.91. The highest BCUT2D eigenvalue weighted by Gasteiger charge is 2.49. The summed E-state index contributed by atoms with van der Waals surface area (Å²) in [5, 5.41) is 30.5. The summed E-state index contributed by atoms with van der Waals surface area (Å²) in [6, 6.07) is 12.7. The number of aromatic hydroxyl groups is 1. The van der Waals surface area contributed by atoms with Crippen LogP contribution in [-0.2, 0) is 78.7 Å². The van der Waals surface area contributed by atoms with Crippen molar-refractivity contribution >= 4 is 104 Å². The molecule has 3 aliphatic rings. The van der Waals surface area contributed by atoms with Crippen molar-refractivity contribution < 1.29 is 61.8 Å². The predicted molar refractivity (Wildman–Crippen MR) is 369 cm³/mol. The average molecular weight is 1390 g/mol. The Morgan fingerprint density at radius 1 is 0.684 bits per heavy atom. The molecule has 28 heteroatoms. The number of aromatic nitrogens is 2. The number of rotatable bonds is 13. The van der Waals surface area contributed by atoms with Gasteiger partial charge in [-0.3, -0.25) is 47.9 Å². The second-order valence-electron chi connectivity index (χ2n) is 25.6. The molecule has 6 aromatic rings. The number of phenolic OH excluding ortho intramolecular Hbond substituents is 1. The van der Waals surface area contributed by atoms with Crippen LogP contribution in [0.2, 0.25) is 0 Å². The Hall–Kier alpha value is -9.02. The molecule has 0 saturated carbocycles. The first-order valence-corrected chi connectivity index (χ1v) is 35.5. The smallest absolute Gasteiger partial charge is 0.246 e. The van der Waals surface area contributed by atoms with Crippen molar-refractivity contribution in [2.75, 3.05) is 37.7 Å². The summed E-state index contributed by atoms with van der Waals surface area (Å²) >= 11 is 2.86. The van der Waals surface area contributed by atoms with Gasteiger partial charge in [0, 0.05) is 96.0 Å². The number of carbonyl (C=O) groups excluding carboxylic acids is 10. The lowest BCUT2D eigenvalue weighted by atomic mass is 9.94. The lowest BCUT2D eigenvalue weighted by molar-refractivity contribution is -0.147. The Kier molecular flexibility index (Phi) is 25.4. The molecule has 9 rings (SSSR count). The summed E-state index contributed by atoms with van der Waals surface area (Å²) in [5.41, 5.74) is 14.4. The number of halogens is 2. The van der Waals surface area contributed by atoms with Crippen molar-refractivity contribution in [3.63, 3.8) is 0 Å². The molecule has 5 heterocycles. The molecule has 3 aliphatic heterocycles. The molecule has 2 fully saturated rings. The van der Waals surface area contributed by atoms with Gasteiger partial charge in [0.05, 0.1) is 6.54 Å². The quantitative estimate of drug-likeness (QED) is 0.0718. The van der Waals surface area contributed by atoms with Crippen LogP contribution in [0.1, 0.15) is 106 Å². The Morgan fingerprint density at radius 2 is 1.32 bits per heavy atom. The van der Waals surface area contributed by atoms with Gasteiger partial charge < -0.3 is 73.6 Å². The van der Waals surface area contributed by atoms with Crippen LogP contribution in [0.4, 0.5) is 8.78 Å². The zero-order valence-corrected chi connectivity index (χ0v) is 56.8. The highest BCUT2D eigenvalue weighted by atomic mass is 32.2. The Balaban J connectivity index is 1.04. The maximum Gasteiger partial charge on any atom is 0.246 e. The van der Waals surface area contributed by atoms with Gasteiger partial charge in [-0.05, 0) is 141 Å². The van der Waals surface area contributed by atoms with Crippen LogP contribution in [0.5, 0.6) is 5.75 Å². The first kappa shape index (κ1) is 73.2. The molecular weight excluding hydrogens is 1300 g/mol. The van der Waals surface area contributed by atoms with Gasteiger partial charge in [0.2, 0.25) is 59.1 Å². The van der Waals surface area contributed by atoms with Gasteiger partial charge in [0.15, 0.2) is 0 Å². The second-order valence-corrected chi connectivity index (χ2v) is 27.8. The third-order valence-corrected chi connectivity index (χ3v) is 20.7. The number of nitrogens with zero attached hydrogens (tertiary/aromatic N) is 2. The minimum atomic E-state index is -1.52. The third-order valence-electron chi connectivity index (χ3n) is 18.5. The van der Waals surface area contributed by atoms with Crippen LogP contribution in [0.3, 0.4) is 0 Å². The third kappa shape index (κ3) is 18.8. The monoisotopic (exact) mass is 1390 g/mol. The lowest BCUT2D eigenvalue weighted by Gasteiger charge is -2.37. The van der Waals surface area contributed by atoms with Gasteiger partial charge in [0.1, 0.15) is 65.2 Å². The van der Waals surface area contributed by atoms with Crippen molar-refractivity contribution in [2.45, 2.75) is 157 Å². The fourth-order valence-electron chi connectivity index (χ4n) is 12.8. The number of hydrogen-bond donors (Lipinski definition) is 12. The van der Waals surface area contributed by atoms with E-state index in [4.69, 9.17) is 11.5 Å². The van der Waals surface area contributed by atoms with Crippen molar-refractivity contribution in [1.29, 1.82) is 0 Å². The molecule has 98 heavy (non-hydrogen) atoms. The molecular formula is C70H87F2N13O11S2. The fraction of sp³-hybridized carbons (Fsp3) is 0.457. The van der Waals surface area contributed by atoms with Gasteiger partial charge in [-0.2, -0.15) is 23.5 Å². The fourth-order valence-corrected chi connectivity index (χ4v) is 14.7. The minimum absolute atomic E-state index is 0.0120. The highest BCUT2D eigenvalue weighted by Crippen LogP contribution is 2.32. The molecule has 2 bridgehead atoms. The number of carbonyl (C=O) groups is 10. The summed E-state index contributed by atoms with van der Waals surface area (Å²) in [4.78, 5) is 154. The van der Waals surface area contributed by atoms with Crippen molar-refractivity contribution in [2.24, 2.45) is 17.4 Å². The van der Waals surface area contributed by atoms with E-state index in [1.807, 2.05) is 31.2 Å². The molecule has 9 atom stereocenters. The molecule has 0 spiro atoms. The highest BCUT2D eigenvalue weighted by molar-refractivity contribution is 7.98. The topological polar surface area (TPSA) is 365 Å². The molecule has 2 aromatic heterocycles. The van der Waals surface area contributed by atoms with Gasteiger partial charge >= 0.3 is 0 Å². The van der Waals surface area contributed by atoms with Crippen molar-refractivity contribution in [3.05, 3.63) is 137 Å². The van der Waals surface area contributed by atoms with Gasteiger partial charge in [-0.15, -0.1) is 0 Å². The Labute approximate surface area is 575 Å². The van der Waals surface area contributed by atoms with Crippen LogP contribution in [0.15, 0.2) is 97.3 Å². The number of hydrogen-bond acceptors (Lipinski definition) is 14. The number of H-pyrrole nitrogens is 2. The number of benzene rings is 4. The van der Waals surface area contributed by atoms with E-state index in [1.165, 1.54) is 81.9 Å². The summed E-state index contributed by atoms with van der Waals surface area (Å²) in [6.07, 6.45) is 5.06. The average Bonchev–Trinajstić information content (AvgIpc) is 1.60. The number of amides is 10. The maximum atomic E-state index is 15.5.